The summed E-state index contributed by atoms with van der Waals surface area (Å²) in [6.45, 7) is 0.657. The zero-order valence-corrected chi connectivity index (χ0v) is 14.4. The van der Waals surface area contributed by atoms with Gasteiger partial charge in [0.25, 0.3) is 0 Å². The Labute approximate surface area is 144 Å². The molecule has 1 aromatic heterocycles. The fourth-order valence-corrected chi connectivity index (χ4v) is 3.14. The first-order valence-corrected chi connectivity index (χ1v) is 9.03. The van der Waals surface area contributed by atoms with Gasteiger partial charge in [0.15, 0.2) is 15.7 Å². The summed E-state index contributed by atoms with van der Waals surface area (Å²) >= 11 is 5.74. The Morgan fingerprint density at radius 1 is 1.33 bits per heavy atom. The number of methoxy groups -OCH3 is 1. The van der Waals surface area contributed by atoms with Crippen LogP contribution in [-0.4, -0.2) is 50.5 Å². The van der Waals surface area contributed by atoms with Crippen LogP contribution in [0.3, 0.4) is 0 Å². The number of aryl methyl sites for hydroxylation is 1. The van der Waals surface area contributed by atoms with Crippen LogP contribution in [0.5, 0.6) is 0 Å². The summed E-state index contributed by atoms with van der Waals surface area (Å²) in [5.74, 6) is -0.820. The van der Waals surface area contributed by atoms with Crippen LogP contribution in [0.1, 0.15) is 16.5 Å². The van der Waals surface area contributed by atoms with Gasteiger partial charge in [-0.3, -0.25) is 4.79 Å². The van der Waals surface area contributed by atoms with Gasteiger partial charge in [-0.1, -0.05) is 16.8 Å². The van der Waals surface area contributed by atoms with Crippen molar-refractivity contribution in [3.8, 4) is 0 Å². The lowest BCUT2D eigenvalue weighted by Gasteiger charge is -2.02. The molecule has 130 valence electrons. The van der Waals surface area contributed by atoms with Gasteiger partial charge in [-0.25, -0.2) is 8.42 Å². The number of hydrogen-bond donors (Lipinski definition) is 1. The fourth-order valence-electron chi connectivity index (χ4n) is 1.78. The third-order valence-corrected chi connectivity index (χ3v) is 5.01. The lowest BCUT2D eigenvalue weighted by molar-refractivity contribution is 0.0893. The Bertz CT molecular complexity index is 789. The minimum atomic E-state index is -3.50. The Morgan fingerprint density at radius 3 is 2.71 bits per heavy atom. The first-order chi connectivity index (χ1) is 11.4. The molecule has 1 amide bonds. The highest BCUT2D eigenvalue weighted by Gasteiger charge is 2.18. The van der Waals surface area contributed by atoms with E-state index in [4.69, 9.17) is 20.9 Å². The second kappa shape index (κ2) is 8.22. The van der Waals surface area contributed by atoms with Gasteiger partial charge in [0.05, 0.1) is 17.3 Å². The van der Waals surface area contributed by atoms with Crippen molar-refractivity contribution >= 4 is 27.3 Å². The van der Waals surface area contributed by atoms with Crippen molar-refractivity contribution in [1.29, 1.82) is 0 Å². The van der Waals surface area contributed by atoms with Gasteiger partial charge in [-0.05, 0) is 24.3 Å². The monoisotopic (exact) mass is 373 g/mol. The number of hydrogen-bond acceptors (Lipinski definition) is 7. The van der Waals surface area contributed by atoms with E-state index in [2.05, 4.69) is 15.5 Å². The highest BCUT2D eigenvalue weighted by Crippen LogP contribution is 2.16. The normalized spacial score (nSPS) is 11.4. The molecule has 24 heavy (non-hydrogen) atoms. The molecule has 1 heterocycles. The number of sulfone groups is 1. The number of amides is 1. The Kier molecular flexibility index (Phi) is 6.29. The number of nitrogens with zero attached hydrogens (tertiary/aromatic N) is 2. The van der Waals surface area contributed by atoms with Crippen LogP contribution in [0.15, 0.2) is 33.7 Å². The molecule has 0 saturated carbocycles. The molecule has 0 atom stereocenters. The summed E-state index contributed by atoms with van der Waals surface area (Å²) < 4.78 is 34.0. The number of halogens is 1. The van der Waals surface area contributed by atoms with E-state index in [0.29, 0.717) is 18.2 Å². The van der Waals surface area contributed by atoms with E-state index < -0.39 is 15.7 Å². The van der Waals surface area contributed by atoms with E-state index in [1.54, 1.807) is 0 Å². The molecule has 1 aromatic carbocycles. The van der Waals surface area contributed by atoms with Crippen LogP contribution in [0.25, 0.3) is 0 Å². The average molecular weight is 374 g/mol. The van der Waals surface area contributed by atoms with Crippen molar-refractivity contribution in [2.75, 3.05) is 26.0 Å². The van der Waals surface area contributed by atoms with Crippen LogP contribution in [-0.2, 0) is 21.0 Å². The van der Waals surface area contributed by atoms with Crippen molar-refractivity contribution in [2.45, 2.75) is 11.3 Å². The predicted molar refractivity (Wildman–Crippen MR) is 85.7 cm³/mol. The van der Waals surface area contributed by atoms with Crippen LogP contribution in [0.2, 0.25) is 5.02 Å². The van der Waals surface area contributed by atoms with Crippen molar-refractivity contribution in [3.63, 3.8) is 0 Å². The molecule has 2 aromatic rings. The maximum atomic E-state index is 12.2. The molecule has 0 aliphatic heterocycles. The van der Waals surface area contributed by atoms with Gasteiger partial charge >= 0.3 is 11.8 Å². The molecule has 0 radical (unpaired) electrons. The SMILES string of the molecule is COCCNC(=O)c1nc(CCS(=O)(=O)c2ccc(Cl)cc2)no1. The third kappa shape index (κ3) is 5.02. The number of benzene rings is 1. The number of rotatable bonds is 8. The molecule has 0 fully saturated rings. The molecule has 0 aliphatic carbocycles. The van der Waals surface area contributed by atoms with Crippen molar-refractivity contribution in [2.24, 2.45) is 0 Å². The molecule has 8 nitrogen and oxygen atoms in total. The van der Waals surface area contributed by atoms with Gasteiger partial charge in [0.2, 0.25) is 0 Å². The van der Waals surface area contributed by atoms with Gasteiger partial charge in [-0.2, -0.15) is 4.98 Å². The summed E-state index contributed by atoms with van der Waals surface area (Å²) in [6, 6.07) is 5.88. The second-order valence-electron chi connectivity index (χ2n) is 4.79. The number of nitrogens with one attached hydrogen (secondary N) is 1. The van der Waals surface area contributed by atoms with Crippen LogP contribution in [0, 0.1) is 0 Å². The fraction of sp³-hybridized carbons (Fsp3) is 0.357. The van der Waals surface area contributed by atoms with E-state index in [1.165, 1.54) is 31.4 Å². The molecule has 1 N–H and O–H groups in total. The van der Waals surface area contributed by atoms with Gasteiger partial charge < -0.3 is 14.6 Å². The second-order valence-corrected chi connectivity index (χ2v) is 7.33. The minimum Gasteiger partial charge on any atom is -0.383 e. The largest absolute Gasteiger partial charge is 0.383 e. The zero-order valence-electron chi connectivity index (χ0n) is 12.9. The molecule has 0 aliphatic rings. The minimum absolute atomic E-state index is 0.0276. The van der Waals surface area contributed by atoms with Gasteiger partial charge in [0, 0.05) is 25.1 Å². The highest BCUT2D eigenvalue weighted by molar-refractivity contribution is 7.91. The van der Waals surface area contributed by atoms with Crippen LogP contribution in [0.4, 0.5) is 0 Å². The van der Waals surface area contributed by atoms with Crippen molar-refractivity contribution in [1.82, 2.24) is 15.5 Å². The smallest absolute Gasteiger partial charge is 0.315 e. The molecular formula is C14H16ClN3O5S. The summed E-state index contributed by atoms with van der Waals surface area (Å²) in [7, 11) is -1.99. The molecule has 2 rings (SSSR count). The van der Waals surface area contributed by atoms with Crippen LogP contribution >= 0.6 is 11.6 Å². The predicted octanol–water partition coefficient (Wildman–Crippen LogP) is 1.12. The van der Waals surface area contributed by atoms with E-state index in [9.17, 15) is 13.2 Å². The Morgan fingerprint density at radius 2 is 2.04 bits per heavy atom. The molecule has 10 heteroatoms. The van der Waals surface area contributed by atoms with E-state index >= 15 is 0 Å². The lowest BCUT2D eigenvalue weighted by atomic mass is 10.4. The number of aromatic nitrogens is 2. The molecule has 0 saturated heterocycles. The van der Waals surface area contributed by atoms with Crippen LogP contribution < -0.4 is 5.32 Å². The molecular weight excluding hydrogens is 358 g/mol. The Balaban J connectivity index is 1.95. The summed E-state index contributed by atoms with van der Waals surface area (Å²) in [5, 5.41) is 6.59. The molecule has 0 bridgehead atoms. The molecule has 0 unspecified atom stereocenters. The first-order valence-electron chi connectivity index (χ1n) is 7.00. The zero-order chi connectivity index (χ0) is 17.6. The average Bonchev–Trinajstić information content (AvgIpc) is 3.03. The number of ether oxygens (including phenoxy) is 1. The number of carbonyl (C=O) groups excluding carboxylic acids is 1. The number of carbonyl (C=O) groups is 1. The first kappa shape index (κ1) is 18.4. The lowest BCUT2D eigenvalue weighted by Crippen LogP contribution is -2.27. The highest BCUT2D eigenvalue weighted by atomic mass is 35.5. The van der Waals surface area contributed by atoms with Gasteiger partial charge in [-0.15, -0.1) is 0 Å². The third-order valence-electron chi connectivity index (χ3n) is 3.02. The van der Waals surface area contributed by atoms with Crippen molar-refractivity contribution < 1.29 is 22.5 Å². The Hall–Kier alpha value is -1.97. The topological polar surface area (TPSA) is 111 Å². The standard InChI is InChI=1S/C14H16ClN3O5S/c1-22-8-7-16-13(19)14-17-12(18-23-14)6-9-24(20,21)11-4-2-10(15)3-5-11/h2-5H,6-9H2,1H3,(H,16,19). The summed E-state index contributed by atoms with van der Waals surface area (Å²) in [6.07, 6.45) is 0.0276. The van der Waals surface area contributed by atoms with Crippen molar-refractivity contribution in [3.05, 3.63) is 41.0 Å². The summed E-state index contributed by atoms with van der Waals surface area (Å²) in [5.41, 5.74) is 0. The van der Waals surface area contributed by atoms with E-state index in [-0.39, 0.29) is 28.8 Å². The summed E-state index contributed by atoms with van der Waals surface area (Å²) in [4.78, 5) is 15.7. The van der Waals surface area contributed by atoms with E-state index in [1.807, 2.05) is 0 Å². The maximum absolute atomic E-state index is 12.2. The quantitative estimate of drug-likeness (QED) is 0.690. The maximum Gasteiger partial charge on any atom is 0.315 e. The van der Waals surface area contributed by atoms with E-state index in [0.717, 1.165) is 0 Å². The van der Waals surface area contributed by atoms with Gasteiger partial charge in [0.1, 0.15) is 0 Å². The molecule has 0 spiro atoms.